The fourth-order valence-corrected chi connectivity index (χ4v) is 2.95. The van der Waals surface area contributed by atoms with E-state index in [-0.39, 0.29) is 18.3 Å². The summed E-state index contributed by atoms with van der Waals surface area (Å²) < 4.78 is 5.72. The normalized spacial score (nSPS) is 15.0. The van der Waals surface area contributed by atoms with Gasteiger partial charge in [-0.2, -0.15) is 0 Å². The molecule has 0 aliphatic carbocycles. The van der Waals surface area contributed by atoms with Crippen LogP contribution < -0.4 is 10.1 Å². The predicted molar refractivity (Wildman–Crippen MR) is 101 cm³/mol. The van der Waals surface area contributed by atoms with E-state index in [4.69, 9.17) is 4.74 Å². The molecule has 1 amide bonds. The molecule has 1 heterocycles. The van der Waals surface area contributed by atoms with Gasteiger partial charge in [-0.1, -0.05) is 13.0 Å². The van der Waals surface area contributed by atoms with E-state index in [0.29, 0.717) is 18.9 Å². The SMILES string of the molecule is CCNCC1CCN(C(=O)CCOc2ccc(C)c(C)c2)CC1.Cl. The van der Waals surface area contributed by atoms with Crippen molar-refractivity contribution in [3.8, 4) is 5.75 Å². The quantitative estimate of drug-likeness (QED) is 0.816. The van der Waals surface area contributed by atoms with Crippen LogP contribution in [0.1, 0.15) is 37.3 Å². The Bertz CT molecular complexity index is 514. The zero-order valence-electron chi connectivity index (χ0n) is 15.1. The van der Waals surface area contributed by atoms with E-state index in [9.17, 15) is 4.79 Å². The summed E-state index contributed by atoms with van der Waals surface area (Å²) >= 11 is 0. The topological polar surface area (TPSA) is 41.6 Å². The molecule has 5 heteroatoms. The molecule has 136 valence electrons. The number of amides is 1. The fourth-order valence-electron chi connectivity index (χ4n) is 2.95. The molecule has 2 rings (SSSR count). The third-order valence-electron chi connectivity index (χ3n) is 4.71. The van der Waals surface area contributed by atoms with Crippen LogP contribution >= 0.6 is 12.4 Å². The van der Waals surface area contributed by atoms with Crippen molar-refractivity contribution in [3.63, 3.8) is 0 Å². The number of benzene rings is 1. The monoisotopic (exact) mass is 354 g/mol. The fraction of sp³-hybridized carbons (Fsp3) is 0.632. The molecule has 0 atom stereocenters. The van der Waals surface area contributed by atoms with Gasteiger partial charge >= 0.3 is 0 Å². The third-order valence-corrected chi connectivity index (χ3v) is 4.71. The van der Waals surface area contributed by atoms with E-state index in [2.05, 4.69) is 32.2 Å². The Hall–Kier alpha value is -1.26. The number of nitrogens with zero attached hydrogens (tertiary/aromatic N) is 1. The minimum absolute atomic E-state index is 0. The number of likely N-dealkylation sites (tertiary alicyclic amines) is 1. The van der Waals surface area contributed by atoms with Gasteiger partial charge in [0.2, 0.25) is 5.91 Å². The Kier molecular flexibility index (Phi) is 9.16. The van der Waals surface area contributed by atoms with Crippen molar-refractivity contribution in [1.29, 1.82) is 0 Å². The van der Waals surface area contributed by atoms with Crippen molar-refractivity contribution in [2.24, 2.45) is 5.92 Å². The van der Waals surface area contributed by atoms with E-state index in [1.807, 2.05) is 17.0 Å². The molecule has 0 bridgehead atoms. The van der Waals surface area contributed by atoms with Crippen molar-refractivity contribution in [2.75, 3.05) is 32.8 Å². The van der Waals surface area contributed by atoms with Crippen molar-refractivity contribution in [3.05, 3.63) is 29.3 Å². The molecule has 4 nitrogen and oxygen atoms in total. The lowest BCUT2D eigenvalue weighted by atomic mass is 9.96. The first-order chi connectivity index (χ1) is 11.1. The maximum atomic E-state index is 12.3. The van der Waals surface area contributed by atoms with Crippen LogP contribution in [0.3, 0.4) is 0 Å². The van der Waals surface area contributed by atoms with Gasteiger partial charge in [-0.3, -0.25) is 4.79 Å². The van der Waals surface area contributed by atoms with Gasteiger partial charge < -0.3 is 15.0 Å². The molecular formula is C19H31ClN2O2. The molecular weight excluding hydrogens is 324 g/mol. The van der Waals surface area contributed by atoms with E-state index < -0.39 is 0 Å². The van der Waals surface area contributed by atoms with E-state index in [1.54, 1.807) is 0 Å². The average Bonchev–Trinajstić information content (AvgIpc) is 2.56. The van der Waals surface area contributed by atoms with Gasteiger partial charge in [-0.25, -0.2) is 0 Å². The first-order valence-electron chi connectivity index (χ1n) is 8.78. The van der Waals surface area contributed by atoms with E-state index >= 15 is 0 Å². The lowest BCUT2D eigenvalue weighted by Crippen LogP contribution is -2.41. The second-order valence-electron chi connectivity index (χ2n) is 6.48. The number of halogens is 1. The Morgan fingerprint density at radius 1 is 1.25 bits per heavy atom. The van der Waals surface area contributed by atoms with Crippen LogP contribution in [0, 0.1) is 19.8 Å². The maximum absolute atomic E-state index is 12.3. The van der Waals surface area contributed by atoms with Gasteiger partial charge in [-0.15, -0.1) is 12.4 Å². The summed E-state index contributed by atoms with van der Waals surface area (Å²) in [6, 6.07) is 6.06. The summed E-state index contributed by atoms with van der Waals surface area (Å²) in [5.74, 6) is 1.78. The van der Waals surface area contributed by atoms with Crippen LogP contribution in [0.4, 0.5) is 0 Å². The predicted octanol–water partition coefficient (Wildman–Crippen LogP) is 3.34. The zero-order valence-corrected chi connectivity index (χ0v) is 16.0. The van der Waals surface area contributed by atoms with Crippen LogP contribution in [0.25, 0.3) is 0 Å². The number of hydrogen-bond acceptors (Lipinski definition) is 3. The van der Waals surface area contributed by atoms with Gasteiger partial charge in [0.15, 0.2) is 0 Å². The Morgan fingerprint density at radius 3 is 2.58 bits per heavy atom. The van der Waals surface area contributed by atoms with Crippen LogP contribution in [0.15, 0.2) is 18.2 Å². The summed E-state index contributed by atoms with van der Waals surface area (Å²) in [6.45, 7) is 10.6. The highest BCUT2D eigenvalue weighted by Crippen LogP contribution is 2.18. The summed E-state index contributed by atoms with van der Waals surface area (Å²) in [5.41, 5.74) is 2.48. The summed E-state index contributed by atoms with van der Waals surface area (Å²) in [7, 11) is 0. The molecule has 1 fully saturated rings. The molecule has 1 N–H and O–H groups in total. The molecule has 24 heavy (non-hydrogen) atoms. The Morgan fingerprint density at radius 2 is 1.96 bits per heavy atom. The molecule has 1 saturated heterocycles. The molecule has 1 aliphatic rings. The Balaban J connectivity index is 0.00000288. The highest BCUT2D eigenvalue weighted by atomic mass is 35.5. The van der Waals surface area contributed by atoms with Crippen LogP contribution in [0.5, 0.6) is 5.75 Å². The first-order valence-corrected chi connectivity index (χ1v) is 8.78. The van der Waals surface area contributed by atoms with Gasteiger partial charge in [0.05, 0.1) is 13.0 Å². The van der Waals surface area contributed by atoms with Crippen LogP contribution in [-0.4, -0.2) is 43.6 Å². The number of nitrogens with one attached hydrogen (secondary N) is 1. The van der Waals surface area contributed by atoms with Crippen molar-refractivity contribution in [2.45, 2.75) is 40.0 Å². The standard InChI is InChI=1S/C19H30N2O2.ClH/c1-4-20-14-17-7-10-21(11-8-17)19(22)9-12-23-18-6-5-15(2)16(3)13-18;/h5-6,13,17,20H,4,7-12,14H2,1-3H3;1H. The second-order valence-corrected chi connectivity index (χ2v) is 6.48. The molecule has 1 aliphatic heterocycles. The number of ether oxygens (including phenoxy) is 1. The van der Waals surface area contributed by atoms with Crippen molar-refractivity contribution in [1.82, 2.24) is 10.2 Å². The molecule has 1 aromatic rings. The largest absolute Gasteiger partial charge is 0.493 e. The van der Waals surface area contributed by atoms with E-state index in [0.717, 1.165) is 44.8 Å². The minimum Gasteiger partial charge on any atom is -0.493 e. The summed E-state index contributed by atoms with van der Waals surface area (Å²) in [5, 5.41) is 3.40. The highest BCUT2D eigenvalue weighted by molar-refractivity contribution is 5.85. The molecule has 1 aromatic carbocycles. The molecule has 0 spiro atoms. The summed E-state index contributed by atoms with van der Waals surface area (Å²) in [6.07, 6.45) is 2.68. The lowest BCUT2D eigenvalue weighted by molar-refractivity contribution is -0.133. The average molecular weight is 355 g/mol. The van der Waals surface area contributed by atoms with Crippen molar-refractivity contribution >= 4 is 18.3 Å². The lowest BCUT2D eigenvalue weighted by Gasteiger charge is -2.32. The number of rotatable bonds is 7. The zero-order chi connectivity index (χ0) is 16.7. The summed E-state index contributed by atoms with van der Waals surface area (Å²) in [4.78, 5) is 14.3. The van der Waals surface area contributed by atoms with Gasteiger partial charge in [0.1, 0.15) is 5.75 Å². The first kappa shape index (κ1) is 20.8. The Labute approximate surface area is 152 Å². The minimum atomic E-state index is 0. The van der Waals surface area contributed by atoms with Gasteiger partial charge in [0.25, 0.3) is 0 Å². The van der Waals surface area contributed by atoms with Gasteiger partial charge in [-0.05, 0) is 69.0 Å². The van der Waals surface area contributed by atoms with Crippen LogP contribution in [-0.2, 0) is 4.79 Å². The second kappa shape index (κ2) is 10.6. The number of carbonyl (C=O) groups excluding carboxylic acids is 1. The smallest absolute Gasteiger partial charge is 0.225 e. The van der Waals surface area contributed by atoms with Crippen molar-refractivity contribution < 1.29 is 9.53 Å². The maximum Gasteiger partial charge on any atom is 0.225 e. The number of hydrogen-bond donors (Lipinski definition) is 1. The van der Waals surface area contributed by atoms with Gasteiger partial charge in [0, 0.05) is 13.1 Å². The molecule has 0 aromatic heterocycles. The molecule has 0 saturated carbocycles. The number of carbonyl (C=O) groups is 1. The molecule has 0 radical (unpaired) electrons. The third kappa shape index (κ3) is 6.33. The highest BCUT2D eigenvalue weighted by Gasteiger charge is 2.22. The molecule has 0 unspecified atom stereocenters. The number of aryl methyl sites for hydroxylation is 2. The van der Waals surface area contributed by atoms with E-state index in [1.165, 1.54) is 11.1 Å². The number of piperidine rings is 1. The van der Waals surface area contributed by atoms with Crippen LogP contribution in [0.2, 0.25) is 0 Å².